The number of carbonyl (C=O) groups excluding carboxylic acids is 1. The number of hydrogen-bond donors (Lipinski definition) is 1. The molecule has 0 saturated carbocycles. The van der Waals surface area contributed by atoms with E-state index in [0.717, 1.165) is 25.1 Å². The number of hydrogen-bond acceptors (Lipinski definition) is 3. The molecular formula is C13H17ClN2O. The number of benzene rings is 1. The summed E-state index contributed by atoms with van der Waals surface area (Å²) < 4.78 is 0. The lowest BCUT2D eigenvalue weighted by atomic mass is 9.96. The Labute approximate surface area is 107 Å². The van der Waals surface area contributed by atoms with E-state index in [2.05, 4.69) is 11.9 Å². The van der Waals surface area contributed by atoms with Crippen molar-refractivity contribution >= 4 is 17.4 Å². The van der Waals surface area contributed by atoms with Crippen molar-refractivity contribution in [3.63, 3.8) is 0 Å². The molecule has 0 aliphatic carbocycles. The number of Topliss-reactive ketones (excluding diaryl/α,β-unsaturated/α-hetero) is 1. The first-order valence-corrected chi connectivity index (χ1v) is 6.21. The monoisotopic (exact) mass is 252 g/mol. The fourth-order valence-electron chi connectivity index (χ4n) is 2.34. The molecule has 0 bridgehead atoms. The van der Waals surface area contributed by atoms with Crippen LogP contribution in [-0.2, 0) is 0 Å². The summed E-state index contributed by atoms with van der Waals surface area (Å²) in [7, 11) is 2.11. The topological polar surface area (TPSA) is 46.3 Å². The minimum atomic E-state index is -0.0676. The highest BCUT2D eigenvalue weighted by atomic mass is 35.5. The maximum atomic E-state index is 11.5. The van der Waals surface area contributed by atoms with Crippen LogP contribution in [0.5, 0.6) is 0 Å². The molecule has 2 rings (SSSR count). The minimum Gasteiger partial charge on any atom is -0.324 e. The summed E-state index contributed by atoms with van der Waals surface area (Å²) in [5.74, 6) is 0.413. The van der Waals surface area contributed by atoms with E-state index in [4.69, 9.17) is 17.3 Å². The summed E-state index contributed by atoms with van der Waals surface area (Å²) in [6, 6.07) is 5.54. The van der Waals surface area contributed by atoms with E-state index >= 15 is 0 Å². The van der Waals surface area contributed by atoms with Crippen LogP contribution in [0.15, 0.2) is 18.2 Å². The van der Waals surface area contributed by atoms with E-state index in [1.165, 1.54) is 0 Å². The Hall–Kier alpha value is -0.900. The highest BCUT2D eigenvalue weighted by molar-refractivity contribution is 6.31. The Morgan fingerprint density at radius 3 is 2.88 bits per heavy atom. The molecule has 1 unspecified atom stereocenters. The van der Waals surface area contributed by atoms with Gasteiger partial charge in [0.05, 0.1) is 6.54 Å². The third-order valence-electron chi connectivity index (χ3n) is 3.34. The molecule has 0 aromatic heterocycles. The lowest BCUT2D eigenvalue weighted by Crippen LogP contribution is -2.15. The van der Waals surface area contributed by atoms with Gasteiger partial charge in [0.1, 0.15) is 0 Å². The lowest BCUT2D eigenvalue weighted by molar-refractivity contribution is 0.100. The largest absolute Gasteiger partial charge is 0.324 e. The third-order valence-corrected chi connectivity index (χ3v) is 3.67. The van der Waals surface area contributed by atoms with Crippen LogP contribution in [0, 0.1) is 0 Å². The molecule has 1 saturated heterocycles. The average Bonchev–Trinajstić information content (AvgIpc) is 2.74. The smallest absolute Gasteiger partial charge is 0.176 e. The van der Waals surface area contributed by atoms with Gasteiger partial charge in [-0.25, -0.2) is 0 Å². The molecule has 4 heteroatoms. The molecule has 1 fully saturated rings. The van der Waals surface area contributed by atoms with Crippen LogP contribution >= 0.6 is 11.6 Å². The van der Waals surface area contributed by atoms with Crippen LogP contribution in [0.25, 0.3) is 0 Å². The Balaban J connectivity index is 2.23. The number of carbonyl (C=O) groups is 1. The molecule has 92 valence electrons. The van der Waals surface area contributed by atoms with E-state index in [1.54, 1.807) is 6.07 Å². The van der Waals surface area contributed by atoms with Crippen molar-refractivity contribution in [2.24, 2.45) is 5.73 Å². The molecule has 0 radical (unpaired) electrons. The van der Waals surface area contributed by atoms with Crippen molar-refractivity contribution in [1.29, 1.82) is 0 Å². The maximum absolute atomic E-state index is 11.5. The van der Waals surface area contributed by atoms with Gasteiger partial charge >= 0.3 is 0 Å². The van der Waals surface area contributed by atoms with Crippen molar-refractivity contribution < 1.29 is 4.79 Å². The highest BCUT2D eigenvalue weighted by Crippen LogP contribution is 2.32. The van der Waals surface area contributed by atoms with Gasteiger partial charge in [0.15, 0.2) is 5.78 Å². The second-order valence-corrected chi connectivity index (χ2v) is 5.02. The van der Waals surface area contributed by atoms with Crippen LogP contribution in [0.4, 0.5) is 0 Å². The van der Waals surface area contributed by atoms with Gasteiger partial charge in [-0.05, 0) is 37.6 Å². The molecule has 3 nitrogen and oxygen atoms in total. The van der Waals surface area contributed by atoms with E-state index in [0.29, 0.717) is 16.5 Å². The van der Waals surface area contributed by atoms with Gasteiger partial charge in [0, 0.05) is 17.1 Å². The first-order valence-electron chi connectivity index (χ1n) is 5.83. The molecule has 0 amide bonds. The van der Waals surface area contributed by atoms with Crippen molar-refractivity contribution in [3.05, 3.63) is 34.3 Å². The predicted molar refractivity (Wildman–Crippen MR) is 69.7 cm³/mol. The molecule has 1 aromatic rings. The quantitative estimate of drug-likeness (QED) is 0.836. The zero-order valence-electron chi connectivity index (χ0n) is 9.95. The number of nitrogens with zero attached hydrogens (tertiary/aromatic N) is 1. The van der Waals surface area contributed by atoms with Gasteiger partial charge in [-0.2, -0.15) is 0 Å². The molecule has 1 heterocycles. The molecule has 1 aliphatic rings. The van der Waals surface area contributed by atoms with Gasteiger partial charge in [-0.3, -0.25) is 4.79 Å². The minimum absolute atomic E-state index is 0.0296. The van der Waals surface area contributed by atoms with Gasteiger partial charge in [0.25, 0.3) is 0 Å². The van der Waals surface area contributed by atoms with E-state index in [9.17, 15) is 4.79 Å². The number of ketones is 1. The summed E-state index contributed by atoms with van der Waals surface area (Å²) in [4.78, 5) is 13.8. The average molecular weight is 253 g/mol. The summed E-state index contributed by atoms with van der Waals surface area (Å²) >= 11 is 6.25. The number of likely N-dealkylation sites (N-methyl/N-ethyl adjacent to an activating group) is 1. The van der Waals surface area contributed by atoms with Crippen molar-refractivity contribution in [3.8, 4) is 0 Å². The lowest BCUT2D eigenvalue weighted by Gasteiger charge is -2.13. The third kappa shape index (κ3) is 2.68. The van der Waals surface area contributed by atoms with E-state index in [1.807, 2.05) is 12.1 Å². The predicted octanol–water partition coefficient (Wildman–Crippen LogP) is 1.90. The van der Waals surface area contributed by atoms with Gasteiger partial charge in [-0.1, -0.05) is 23.7 Å². The number of nitrogens with two attached hydrogens (primary N) is 1. The van der Waals surface area contributed by atoms with Gasteiger partial charge in [-0.15, -0.1) is 0 Å². The van der Waals surface area contributed by atoms with Crippen LogP contribution in [-0.4, -0.2) is 37.4 Å². The van der Waals surface area contributed by atoms with Gasteiger partial charge < -0.3 is 10.6 Å². The van der Waals surface area contributed by atoms with E-state index < -0.39 is 0 Å². The fraction of sp³-hybridized carbons (Fsp3) is 0.462. The number of halogens is 1. The van der Waals surface area contributed by atoms with Crippen LogP contribution < -0.4 is 5.73 Å². The first-order chi connectivity index (χ1) is 8.11. The Morgan fingerprint density at radius 1 is 1.59 bits per heavy atom. The summed E-state index contributed by atoms with van der Waals surface area (Å²) in [5.41, 5.74) is 7.08. The number of rotatable bonds is 3. The molecule has 1 aromatic carbocycles. The maximum Gasteiger partial charge on any atom is 0.176 e. The normalized spacial score (nSPS) is 20.8. The van der Waals surface area contributed by atoms with Crippen molar-refractivity contribution in [1.82, 2.24) is 4.90 Å². The van der Waals surface area contributed by atoms with Crippen LogP contribution in [0.1, 0.15) is 28.3 Å². The zero-order valence-corrected chi connectivity index (χ0v) is 10.7. The summed E-state index contributed by atoms with van der Waals surface area (Å²) in [6.07, 6.45) is 1.13. The Kier molecular flexibility index (Phi) is 3.82. The van der Waals surface area contributed by atoms with E-state index in [-0.39, 0.29) is 12.3 Å². The van der Waals surface area contributed by atoms with Crippen LogP contribution in [0.2, 0.25) is 5.02 Å². The second-order valence-electron chi connectivity index (χ2n) is 4.61. The zero-order chi connectivity index (χ0) is 12.4. The molecule has 17 heavy (non-hydrogen) atoms. The first kappa shape index (κ1) is 12.6. The Morgan fingerprint density at radius 2 is 2.35 bits per heavy atom. The van der Waals surface area contributed by atoms with Crippen molar-refractivity contribution in [2.45, 2.75) is 12.3 Å². The molecule has 2 N–H and O–H groups in total. The Bertz CT molecular complexity index is 433. The number of likely N-dealkylation sites (tertiary alicyclic amines) is 1. The van der Waals surface area contributed by atoms with Crippen molar-refractivity contribution in [2.75, 3.05) is 26.7 Å². The molecule has 1 atom stereocenters. The van der Waals surface area contributed by atoms with Gasteiger partial charge in [0.2, 0.25) is 0 Å². The fourth-order valence-corrected chi connectivity index (χ4v) is 2.67. The summed E-state index contributed by atoms with van der Waals surface area (Å²) in [5, 5.41) is 0.685. The molecular weight excluding hydrogens is 236 g/mol. The molecule has 1 aliphatic heterocycles. The second kappa shape index (κ2) is 5.17. The highest BCUT2D eigenvalue weighted by Gasteiger charge is 2.23. The SMILES string of the molecule is CN1CCC(c2ccc(C(=O)CN)cc2Cl)C1. The molecule has 0 spiro atoms. The standard InChI is InChI=1S/C13H17ClN2O/c1-16-5-4-10(8-16)11-3-2-9(6-12(11)14)13(17)7-15/h2-3,6,10H,4-5,7-8,15H2,1H3. The van der Waals surface area contributed by atoms with Crippen LogP contribution in [0.3, 0.4) is 0 Å². The summed E-state index contributed by atoms with van der Waals surface area (Å²) in [6.45, 7) is 2.16.